The molecule has 0 unspecified atom stereocenters. The highest BCUT2D eigenvalue weighted by Gasteiger charge is 2.44. The number of hydrogen-bond donors (Lipinski definition) is 3. The summed E-state index contributed by atoms with van der Waals surface area (Å²) in [6, 6.07) is 98.4. The highest BCUT2D eigenvalue weighted by molar-refractivity contribution is 6.42. The maximum absolute atomic E-state index is 14.0. The Morgan fingerprint density at radius 3 is 1.11 bits per heavy atom. The van der Waals surface area contributed by atoms with Gasteiger partial charge in [-0.15, -0.1) is 0 Å². The topological polar surface area (TPSA) is 173 Å². The number of aromatic nitrogens is 6. The molecule has 14 aromatic rings. The van der Waals surface area contributed by atoms with E-state index < -0.39 is 17.1 Å². The van der Waals surface area contributed by atoms with Crippen LogP contribution in [0.25, 0.3) is 44.3 Å². The van der Waals surface area contributed by atoms with Gasteiger partial charge in [-0.25, -0.2) is 19.3 Å². The second-order valence-electron chi connectivity index (χ2n) is 25.7. The molecule has 0 bridgehead atoms. The molecule has 14 heteroatoms. The second-order valence-corrected chi connectivity index (χ2v) is 25.7. The Bertz CT molecular complexity index is 5160. The average molecular weight is 1320 g/mol. The molecule has 6 heterocycles. The fraction of sp³-hybridized carbons (Fsp3) is 0.115. The van der Waals surface area contributed by atoms with Crippen LogP contribution in [0.1, 0.15) is 80.6 Å². The Morgan fingerprint density at radius 1 is 0.426 bits per heavy atom. The smallest absolute Gasteiger partial charge is 0.266 e. The zero-order chi connectivity index (χ0) is 68.1. The molecule has 0 saturated heterocycles. The molecule has 0 radical (unpaired) electrons. The van der Waals surface area contributed by atoms with Crippen LogP contribution in [-0.2, 0) is 38.3 Å². The number of aliphatic imine (C=N–C) groups is 2. The maximum Gasteiger partial charge on any atom is 0.266 e. The van der Waals surface area contributed by atoms with Crippen molar-refractivity contribution < 1.29 is 14.4 Å². The first kappa shape index (κ1) is 63.1. The zero-order valence-corrected chi connectivity index (χ0v) is 55.2. The summed E-state index contributed by atoms with van der Waals surface area (Å²) in [5, 5.41) is 22.6. The largest absolute Gasteiger partial charge is 0.343 e. The van der Waals surface area contributed by atoms with E-state index in [1.807, 2.05) is 97.1 Å². The molecule has 2 atom stereocenters. The molecular weight excluding hydrogens is 1250 g/mol. The summed E-state index contributed by atoms with van der Waals surface area (Å²) in [5.41, 5.74) is 16.1. The van der Waals surface area contributed by atoms with Crippen LogP contribution >= 0.6 is 0 Å². The van der Waals surface area contributed by atoms with Gasteiger partial charge in [0.15, 0.2) is 0 Å². The van der Waals surface area contributed by atoms with Crippen LogP contribution < -0.4 is 16.0 Å². The molecule has 17 rings (SSSR count). The number of amides is 2. The molecular formula is C87H69N11O3. The van der Waals surface area contributed by atoms with Crippen molar-refractivity contribution in [1.82, 2.24) is 45.5 Å². The first-order valence-corrected chi connectivity index (χ1v) is 34.2. The van der Waals surface area contributed by atoms with Crippen LogP contribution in [0, 0.1) is 0 Å². The molecule has 2 aliphatic heterocycles. The Hall–Kier alpha value is -12.7. The third-order valence-corrected chi connectivity index (χ3v) is 19.5. The lowest BCUT2D eigenvalue weighted by atomic mass is 9.77. The van der Waals surface area contributed by atoms with E-state index in [0.717, 1.165) is 106 Å². The SMILES string of the molecule is O=C(N[C@H](CNC1CC1)c1ccccc1)C1=Nc2cc3c(-c4ccncc4)nn(C(c4ccccc4)(c4ccccc4)c4ccccc4)c3cc2C1.O=C[C@@H](NC(=O)C1=Nc2cc3c(-c4ccncc4)nn(C(c4ccccc4)(c4ccccc4)c4ccccc4)c3cc2C1)c1ccccc1. The van der Waals surface area contributed by atoms with Gasteiger partial charge in [-0.3, -0.25) is 19.6 Å². The van der Waals surface area contributed by atoms with Gasteiger partial charge in [-0.05, 0) is 117 Å². The van der Waals surface area contributed by atoms with Crippen molar-refractivity contribution >= 4 is 62.7 Å². The van der Waals surface area contributed by atoms with Gasteiger partial charge in [0.05, 0.1) is 28.5 Å². The zero-order valence-electron chi connectivity index (χ0n) is 55.2. The molecule has 1 fully saturated rings. The normalized spacial score (nSPS) is 13.8. The molecule has 4 aromatic heterocycles. The summed E-state index contributed by atoms with van der Waals surface area (Å²) in [5.74, 6) is -0.515. The van der Waals surface area contributed by atoms with E-state index in [2.05, 4.69) is 229 Å². The van der Waals surface area contributed by atoms with Crippen molar-refractivity contribution in [3.05, 3.63) is 372 Å². The molecule has 2 amide bonds. The van der Waals surface area contributed by atoms with Crippen LogP contribution in [0.2, 0.25) is 0 Å². The molecule has 101 heavy (non-hydrogen) atoms. The molecule has 1 aliphatic carbocycles. The summed E-state index contributed by atoms with van der Waals surface area (Å²) < 4.78 is 4.32. The number of aldehydes is 1. The quantitative estimate of drug-likeness (QED) is 0.0499. The van der Waals surface area contributed by atoms with Crippen molar-refractivity contribution in [2.75, 3.05) is 6.54 Å². The summed E-state index contributed by atoms with van der Waals surface area (Å²) in [6.07, 6.45) is 11.0. The number of rotatable bonds is 20. The van der Waals surface area contributed by atoms with Gasteiger partial charge in [0.1, 0.15) is 46.2 Å². The summed E-state index contributed by atoms with van der Waals surface area (Å²) in [4.78, 5) is 57.8. The lowest BCUT2D eigenvalue weighted by Gasteiger charge is -2.37. The van der Waals surface area contributed by atoms with Crippen LogP contribution in [-0.4, -0.2) is 71.6 Å². The Morgan fingerprint density at radius 2 is 0.762 bits per heavy atom. The van der Waals surface area contributed by atoms with Gasteiger partial charge in [0.25, 0.3) is 11.8 Å². The molecule has 10 aromatic carbocycles. The van der Waals surface area contributed by atoms with Gasteiger partial charge in [0, 0.05) is 72.1 Å². The third-order valence-electron chi connectivity index (χ3n) is 19.5. The number of pyridine rings is 2. The van der Waals surface area contributed by atoms with Gasteiger partial charge in [-0.2, -0.15) is 10.2 Å². The van der Waals surface area contributed by atoms with Crippen LogP contribution in [0.15, 0.2) is 326 Å². The molecule has 3 aliphatic rings. The second kappa shape index (κ2) is 27.7. The molecule has 14 nitrogen and oxygen atoms in total. The molecule has 3 N–H and O–H groups in total. The van der Waals surface area contributed by atoms with Crippen LogP contribution in [0.3, 0.4) is 0 Å². The van der Waals surface area contributed by atoms with Crippen LogP contribution in [0.4, 0.5) is 11.4 Å². The molecule has 0 spiro atoms. The van der Waals surface area contributed by atoms with Crippen molar-refractivity contribution in [2.45, 2.75) is 54.9 Å². The number of fused-ring (bicyclic) bond motifs is 4. The summed E-state index contributed by atoms with van der Waals surface area (Å²) >= 11 is 0. The maximum atomic E-state index is 14.0. The van der Waals surface area contributed by atoms with E-state index in [-0.39, 0.29) is 17.9 Å². The fourth-order valence-corrected chi connectivity index (χ4v) is 14.5. The summed E-state index contributed by atoms with van der Waals surface area (Å²) in [7, 11) is 0. The Kier molecular flexibility index (Phi) is 17.3. The minimum Gasteiger partial charge on any atom is -0.343 e. The highest BCUT2D eigenvalue weighted by atomic mass is 16.2. The van der Waals surface area contributed by atoms with Crippen molar-refractivity contribution in [1.29, 1.82) is 0 Å². The van der Waals surface area contributed by atoms with Gasteiger partial charge in [0.2, 0.25) is 0 Å². The minimum atomic E-state index is -0.853. The van der Waals surface area contributed by atoms with E-state index in [9.17, 15) is 14.4 Å². The van der Waals surface area contributed by atoms with Gasteiger partial charge >= 0.3 is 0 Å². The van der Waals surface area contributed by atoms with Crippen molar-refractivity contribution in [3.8, 4) is 22.5 Å². The first-order valence-electron chi connectivity index (χ1n) is 34.2. The predicted molar refractivity (Wildman–Crippen MR) is 398 cm³/mol. The minimum absolute atomic E-state index is 0.144. The number of hydrogen-bond acceptors (Lipinski definition) is 10. The van der Waals surface area contributed by atoms with E-state index in [1.165, 1.54) is 12.8 Å². The average Bonchev–Trinajstić information content (AvgIpc) is 1.54. The number of nitrogens with zero attached hydrogens (tertiary/aromatic N) is 8. The van der Waals surface area contributed by atoms with Gasteiger partial charge in [-0.1, -0.05) is 243 Å². The van der Waals surface area contributed by atoms with E-state index in [1.54, 1.807) is 24.8 Å². The first-order chi connectivity index (χ1) is 49.8. The number of carbonyl (C=O) groups excluding carboxylic acids is 3. The van der Waals surface area contributed by atoms with E-state index in [0.29, 0.717) is 48.1 Å². The van der Waals surface area contributed by atoms with Crippen molar-refractivity contribution in [3.63, 3.8) is 0 Å². The molecule has 1 saturated carbocycles. The predicted octanol–water partition coefficient (Wildman–Crippen LogP) is 15.8. The summed E-state index contributed by atoms with van der Waals surface area (Å²) in [6.45, 7) is 0.677. The van der Waals surface area contributed by atoms with Crippen LogP contribution in [0.5, 0.6) is 0 Å². The number of carbonyl (C=O) groups is 3. The van der Waals surface area contributed by atoms with Gasteiger partial charge < -0.3 is 20.7 Å². The third kappa shape index (κ3) is 12.1. The van der Waals surface area contributed by atoms with E-state index in [4.69, 9.17) is 20.2 Å². The Labute approximate surface area is 584 Å². The molecule has 490 valence electrons. The van der Waals surface area contributed by atoms with E-state index >= 15 is 0 Å². The monoisotopic (exact) mass is 1320 g/mol. The number of benzene rings is 10. The highest BCUT2D eigenvalue weighted by Crippen LogP contribution is 2.48. The fourth-order valence-electron chi connectivity index (χ4n) is 14.5. The standard InChI is InChI=1S/C45H38N6O.C42H31N5O2/c52-44(49-41(30-47-37-21-22-37)31-13-5-1-6-14-31)40-27-33-28-42-38(29-39(33)48-40)43(32-23-25-46-26-24-32)50-51(42)45(34-15-7-2-8-16-34,35-17-9-3-10-18-35)36-19-11-4-12-20-36;48-28-38(29-13-5-1-6-14-29)45-41(49)37-25-31-26-39-35(27-36(31)44-37)40(30-21-23-43-24-22-30)46-47(39)42(32-15-7-2-8-16-32,33-17-9-3-10-18-33)34-19-11-4-12-20-34/h1-20,23-26,28-29,37,41,47H,21-22,27,30H2,(H,49,52);1-24,26-28,38H,25H2,(H,45,49)/t41-;38-/m11/s1. The van der Waals surface area contributed by atoms with Crippen molar-refractivity contribution in [2.24, 2.45) is 9.98 Å². The lowest BCUT2D eigenvalue weighted by molar-refractivity contribution is -0.119. The lowest BCUT2D eigenvalue weighted by Crippen LogP contribution is -2.39. The Balaban J connectivity index is 0.000000157. The number of nitrogens with one attached hydrogen (secondary N) is 3.